The Kier molecular flexibility index (Phi) is 11.3. The first-order valence-electron chi connectivity index (χ1n) is 10.8. The van der Waals surface area contributed by atoms with Crippen molar-refractivity contribution in [3.05, 3.63) is 78.9 Å². The molecule has 0 radical (unpaired) electrons. The highest BCUT2D eigenvalue weighted by Gasteiger charge is 2.48. The molecule has 10 heteroatoms. The molecule has 0 aliphatic heterocycles. The van der Waals surface area contributed by atoms with Gasteiger partial charge in [0.1, 0.15) is 17.2 Å². The lowest BCUT2D eigenvalue weighted by atomic mass is 10.3. The second-order valence-electron chi connectivity index (χ2n) is 7.04. The third-order valence-corrected chi connectivity index (χ3v) is 6.06. The Hall–Kier alpha value is -2.85. The Morgan fingerprint density at radius 1 is 0.686 bits per heavy atom. The number of para-hydroxylation sites is 1. The van der Waals surface area contributed by atoms with Gasteiger partial charge in [-0.1, -0.05) is 43.8 Å². The van der Waals surface area contributed by atoms with E-state index < -0.39 is 15.6 Å². The number of halogens is 3. The lowest BCUT2D eigenvalue weighted by Gasteiger charge is -2.08. The van der Waals surface area contributed by atoms with Crippen molar-refractivity contribution in [2.24, 2.45) is 0 Å². The highest BCUT2D eigenvalue weighted by Crippen LogP contribution is 2.30. The summed E-state index contributed by atoms with van der Waals surface area (Å²) in [5, 5.41) is 0. The summed E-state index contributed by atoms with van der Waals surface area (Å²) >= 11 is 1.74. The molecule has 0 fully saturated rings. The third-order valence-electron chi connectivity index (χ3n) is 4.06. The van der Waals surface area contributed by atoms with Gasteiger partial charge in [-0.2, -0.15) is 21.6 Å². The van der Waals surface area contributed by atoms with E-state index in [0.29, 0.717) is 0 Å². The number of benzene rings is 3. The maximum absolute atomic E-state index is 11.8. The Morgan fingerprint density at radius 3 is 1.49 bits per heavy atom. The van der Waals surface area contributed by atoms with E-state index in [2.05, 4.69) is 42.3 Å². The zero-order valence-corrected chi connectivity index (χ0v) is 21.0. The van der Waals surface area contributed by atoms with E-state index in [-0.39, 0.29) is 5.75 Å². The fraction of sp³-hybridized carbons (Fsp3) is 0.280. The molecular weight excluding hydrogens is 501 g/mol. The van der Waals surface area contributed by atoms with Crippen LogP contribution in [0, 0.1) is 0 Å². The first kappa shape index (κ1) is 28.4. The number of hydrogen-bond acceptors (Lipinski definition) is 6. The summed E-state index contributed by atoms with van der Waals surface area (Å²) in [5.74, 6) is 1.50. The van der Waals surface area contributed by atoms with Crippen LogP contribution in [0.2, 0.25) is 0 Å². The highest BCUT2D eigenvalue weighted by molar-refractivity contribution is 7.99. The fourth-order valence-electron chi connectivity index (χ4n) is 2.43. The number of alkyl halides is 3. The van der Waals surface area contributed by atoms with Gasteiger partial charge >= 0.3 is 15.6 Å². The molecule has 3 rings (SSSR count). The van der Waals surface area contributed by atoms with Crippen molar-refractivity contribution in [3.8, 4) is 17.2 Å². The van der Waals surface area contributed by atoms with Crippen molar-refractivity contribution in [1.82, 2.24) is 0 Å². The Labute approximate surface area is 208 Å². The Morgan fingerprint density at radius 2 is 1.11 bits per heavy atom. The molecule has 190 valence electrons. The van der Waals surface area contributed by atoms with Gasteiger partial charge in [0.2, 0.25) is 0 Å². The molecule has 0 heterocycles. The fourth-order valence-corrected chi connectivity index (χ4v) is 3.71. The molecule has 0 amide bonds. The van der Waals surface area contributed by atoms with E-state index in [0.717, 1.165) is 49.7 Å². The maximum Gasteiger partial charge on any atom is 0.534 e. The van der Waals surface area contributed by atoms with Crippen LogP contribution < -0.4 is 13.7 Å². The average Bonchev–Trinajstić information content (AvgIpc) is 2.83. The average molecular weight is 529 g/mol. The monoisotopic (exact) mass is 528 g/mol. The minimum Gasteiger partial charge on any atom is -0.494 e. The van der Waals surface area contributed by atoms with Crippen LogP contribution in [0.1, 0.15) is 26.7 Å². The summed E-state index contributed by atoms with van der Waals surface area (Å²) in [6.45, 7) is 5.76. The van der Waals surface area contributed by atoms with Gasteiger partial charge in [0.25, 0.3) is 0 Å². The number of rotatable bonds is 10. The van der Waals surface area contributed by atoms with E-state index in [4.69, 9.17) is 9.47 Å². The highest BCUT2D eigenvalue weighted by atomic mass is 32.2. The van der Waals surface area contributed by atoms with Gasteiger partial charge < -0.3 is 13.7 Å². The molecule has 0 bridgehead atoms. The van der Waals surface area contributed by atoms with Gasteiger partial charge in [0, 0.05) is 9.79 Å². The molecule has 35 heavy (non-hydrogen) atoms. The Bertz CT molecular complexity index is 1050. The van der Waals surface area contributed by atoms with Crippen LogP contribution in [-0.2, 0) is 10.1 Å². The van der Waals surface area contributed by atoms with Crippen LogP contribution >= 0.6 is 11.8 Å². The Balaban J connectivity index is 0.000000269. The third kappa shape index (κ3) is 10.1. The van der Waals surface area contributed by atoms with E-state index in [9.17, 15) is 21.6 Å². The number of hydrogen-bond donors (Lipinski definition) is 0. The summed E-state index contributed by atoms with van der Waals surface area (Å²) in [6.07, 6.45) is 2.06. The number of ether oxygens (including phenoxy) is 2. The van der Waals surface area contributed by atoms with Crippen LogP contribution in [-0.4, -0.2) is 27.1 Å². The van der Waals surface area contributed by atoms with Gasteiger partial charge in [0.15, 0.2) is 0 Å². The minimum atomic E-state index is -5.55. The molecule has 3 aromatic rings. The molecule has 0 atom stereocenters. The smallest absolute Gasteiger partial charge is 0.494 e. The molecule has 0 N–H and O–H groups in total. The molecule has 0 saturated carbocycles. The first-order chi connectivity index (χ1) is 16.6. The zero-order valence-electron chi connectivity index (χ0n) is 19.3. The topological polar surface area (TPSA) is 61.8 Å². The molecule has 3 aromatic carbocycles. The van der Waals surface area contributed by atoms with Crippen LogP contribution in [0.3, 0.4) is 0 Å². The van der Waals surface area contributed by atoms with Crippen molar-refractivity contribution in [2.45, 2.75) is 42.0 Å². The quantitative estimate of drug-likeness (QED) is 0.203. The SMILES string of the molecule is CCCOc1ccc(Sc2ccc(OCCC)cc2)cc1.O=S(=O)(Oc1ccccc1)C(F)(F)F. The van der Waals surface area contributed by atoms with Crippen molar-refractivity contribution in [3.63, 3.8) is 0 Å². The predicted molar refractivity (Wildman–Crippen MR) is 131 cm³/mol. The molecule has 0 aliphatic rings. The summed E-state index contributed by atoms with van der Waals surface area (Å²) in [6, 6.07) is 23.0. The summed E-state index contributed by atoms with van der Waals surface area (Å²) < 4.78 is 71.4. The summed E-state index contributed by atoms with van der Waals surface area (Å²) in [7, 11) is -5.55. The van der Waals surface area contributed by atoms with Gasteiger partial charge in [-0.3, -0.25) is 0 Å². The summed E-state index contributed by atoms with van der Waals surface area (Å²) in [4.78, 5) is 2.42. The van der Waals surface area contributed by atoms with Crippen LogP contribution in [0.4, 0.5) is 13.2 Å². The van der Waals surface area contributed by atoms with Crippen LogP contribution in [0.5, 0.6) is 17.2 Å². The lowest BCUT2D eigenvalue weighted by molar-refractivity contribution is -0.0500. The molecule has 5 nitrogen and oxygen atoms in total. The minimum absolute atomic E-state index is 0.371. The van der Waals surface area contributed by atoms with E-state index in [1.165, 1.54) is 28.0 Å². The van der Waals surface area contributed by atoms with Gasteiger partial charge in [-0.05, 0) is 73.5 Å². The van der Waals surface area contributed by atoms with Gasteiger partial charge in [-0.25, -0.2) is 0 Å². The molecule has 0 aromatic heterocycles. The van der Waals surface area contributed by atoms with Crippen LogP contribution in [0.15, 0.2) is 88.7 Å². The van der Waals surface area contributed by atoms with Crippen molar-refractivity contribution >= 4 is 21.9 Å². The van der Waals surface area contributed by atoms with E-state index in [1.807, 2.05) is 24.3 Å². The molecular formula is C25H27F3O5S2. The van der Waals surface area contributed by atoms with Crippen molar-refractivity contribution in [2.75, 3.05) is 13.2 Å². The summed E-state index contributed by atoms with van der Waals surface area (Å²) in [5.41, 5.74) is -5.40. The van der Waals surface area contributed by atoms with Crippen molar-refractivity contribution < 1.29 is 35.2 Å². The zero-order chi connectivity index (χ0) is 25.7. The molecule has 0 aliphatic carbocycles. The molecule has 0 unspecified atom stereocenters. The van der Waals surface area contributed by atoms with Crippen LogP contribution in [0.25, 0.3) is 0 Å². The second kappa shape index (κ2) is 13.9. The lowest BCUT2D eigenvalue weighted by Crippen LogP contribution is -2.27. The molecule has 0 saturated heterocycles. The van der Waals surface area contributed by atoms with E-state index >= 15 is 0 Å². The van der Waals surface area contributed by atoms with E-state index in [1.54, 1.807) is 11.8 Å². The first-order valence-corrected chi connectivity index (χ1v) is 13.1. The standard InChI is InChI=1S/C18H22O2S.C7H5F3O3S/c1-3-13-19-15-5-9-17(10-6-15)21-18-11-7-16(8-12-18)20-14-4-2;8-7(9,10)14(11,12)13-6-4-2-1-3-5-6/h5-12H,3-4,13-14H2,1-2H3;1-5H. The maximum atomic E-state index is 11.8. The normalized spacial score (nSPS) is 11.2. The molecule has 0 spiro atoms. The van der Waals surface area contributed by atoms with Gasteiger partial charge in [0.05, 0.1) is 13.2 Å². The largest absolute Gasteiger partial charge is 0.534 e. The second-order valence-corrected chi connectivity index (χ2v) is 9.72. The van der Waals surface area contributed by atoms with Crippen molar-refractivity contribution in [1.29, 1.82) is 0 Å². The van der Waals surface area contributed by atoms with Gasteiger partial charge in [-0.15, -0.1) is 0 Å². The predicted octanol–water partition coefficient (Wildman–Crippen LogP) is 7.33.